The van der Waals surface area contributed by atoms with Gasteiger partial charge in [0.15, 0.2) is 17.3 Å². The van der Waals surface area contributed by atoms with Crippen molar-refractivity contribution in [3.8, 4) is 11.5 Å². The Morgan fingerprint density at radius 3 is 1.20 bits per heavy atom. The summed E-state index contributed by atoms with van der Waals surface area (Å²) in [5.41, 5.74) is 42.5. The standard InChI is InChI=1S/C39H59N5O7.C30H43N3O6.C17H4.C9H18N2O2.B17.ClH/c1-7-11-29(33(46)36(48)40-27-16-17-27)41-35(47)31-22-39(21-30(43-51-39)26-14-18-28(19-15-26)50-24(2)3)23-44(31)37(49)34(38(4,5)6)42-32(45)20-25-12-9-8-10-13-25;1-19(2)38-22-13-11-21(12-14-22)23-16-30(39-32-23)17-24(28(36)37)33(18-30)27(35)26(29(3,4)5)31-25(34)15-20-9-7-6-8-10-20;1-3-5-7-9-11-13-15-17-16-14-12-10-8-6-4-2;1-2-3-7(10)8(12)9(13)11-6-4-5-6;1-10-15(11(2)3)17(14(8)9)16(12(4)5)13(6)7;/h14-15,18-19,24-25,27,29,31,33-34,46H,7-13,16-17,20-23H2,1-6H3,(H,40,48)(H,41,47)(H,42,45);11-14,19-20,24,26H,6-10,15-18H2,1-5H3,(H,31,34)(H,36,37);1-2H2;6-8,12H,2-5,10H2,1H3,(H,11,13);;1H/t29-,31-,33?,34+,39+;24-,26+,30+;;7-,8?;;/m00.0../s1. The minimum atomic E-state index is -1.43. The van der Waals surface area contributed by atoms with Gasteiger partial charge < -0.3 is 76.6 Å². The summed E-state index contributed by atoms with van der Waals surface area (Å²) in [6, 6.07) is 10.5. The van der Waals surface area contributed by atoms with E-state index in [2.05, 4.69) is 136 Å². The fourth-order valence-electron chi connectivity index (χ4n) is 17.2. The first kappa shape index (κ1) is 119. The van der Waals surface area contributed by atoms with Gasteiger partial charge in [0.1, 0.15) is 41.8 Å². The number of nitrogens with one attached hydrogen (secondary N) is 5. The summed E-state index contributed by atoms with van der Waals surface area (Å²) in [4.78, 5) is 120. The van der Waals surface area contributed by atoms with Crippen molar-refractivity contribution < 1.29 is 72.8 Å². The van der Waals surface area contributed by atoms with E-state index in [4.69, 9.17) is 94.5 Å². The molecule has 2 saturated heterocycles. The summed E-state index contributed by atoms with van der Waals surface area (Å²) in [7, 11) is 52.0. The molecule has 10 rings (SSSR count). The van der Waals surface area contributed by atoms with Crippen LogP contribution < -0.4 is 41.8 Å². The largest absolute Gasteiger partial charge is 0.491 e. The van der Waals surface area contributed by atoms with Crippen molar-refractivity contribution in [2.45, 2.75) is 321 Å². The summed E-state index contributed by atoms with van der Waals surface area (Å²) < 4.78 is 11.5. The molecule has 10 atom stereocenters. The molecule has 19 radical (unpaired) electrons. The number of carbonyl (C=O) groups excluding carboxylic acids is 7. The molecule has 0 bridgehead atoms. The van der Waals surface area contributed by atoms with Crippen molar-refractivity contribution in [1.82, 2.24) is 36.4 Å². The number of rotatable bonds is 34. The molecular formula is C95H125B17ClN10O15. The second-order valence-electron chi connectivity index (χ2n) is 39.2. The van der Waals surface area contributed by atoms with Gasteiger partial charge in [0.2, 0.25) is 29.5 Å². The average Bonchev–Trinajstić information content (AvgIpc) is 1.61. The molecule has 4 aliphatic carbocycles. The number of likely N-dealkylation sites (tertiary alicyclic amines) is 2. The number of carboxylic acid groups (broad SMARTS) is 1. The smallest absolute Gasteiger partial charge is 0.326 e. The highest BCUT2D eigenvalue weighted by Gasteiger charge is 2.58. The van der Waals surface area contributed by atoms with Gasteiger partial charge in [-0.25, -0.2) is 4.79 Å². The zero-order valence-corrected chi connectivity index (χ0v) is 83.1. The van der Waals surface area contributed by atoms with Crippen molar-refractivity contribution in [1.29, 1.82) is 0 Å². The maximum absolute atomic E-state index is 14.6. The fourth-order valence-corrected chi connectivity index (χ4v) is 17.2. The molecule has 2 spiro atoms. The topological polar surface area (TPSA) is 352 Å². The number of carbonyl (C=O) groups is 8. The normalized spacial score (nSPS) is 19.3. The van der Waals surface area contributed by atoms with Crippen molar-refractivity contribution in [3.05, 3.63) is 159 Å². The first-order valence-electron chi connectivity index (χ1n) is 47.7. The van der Waals surface area contributed by atoms with E-state index in [-0.39, 0.29) is 86.3 Å². The quantitative estimate of drug-likeness (QED) is 0.0299. The Balaban J connectivity index is 0.000000337. The van der Waals surface area contributed by atoms with E-state index in [0.29, 0.717) is 68.2 Å². The molecule has 4 heterocycles. The summed E-state index contributed by atoms with van der Waals surface area (Å²) >= 11 is 0. The van der Waals surface area contributed by atoms with Gasteiger partial charge in [-0.3, -0.25) is 33.6 Å². The SMILES string of the molecule is C=C=C=C=C=C=C=C=C=C=C=C=C=C=C=C=C.CC(C)Oc1ccc(C2=NO[C@]3(C2)C[C@@H](C(=O)O)N(C(=O)[C@@H](NC(=O)CC2CCCCC2)C(C)(C)C)C3)cc1.CCC[C@H](N)C(O)C(=O)NC1CC1.CCC[C@H](NC(=O)[C@@H]1C[C@]2(CC(c3ccc(OC(C)C)cc3)=NO2)CN1C(=O)[C@@H](NC(=O)CC1CCCCC1)C(C)(C)C)C(O)C(=O)NC1CC1.Cl.[B][B]B(B([B])[B])B(B([B])[B])B(B([B])[B])B([B])[B]. The van der Waals surface area contributed by atoms with Crippen LogP contribution in [0.5, 0.6) is 11.5 Å². The average molecular weight is 1870 g/mol. The van der Waals surface area contributed by atoms with Crippen LogP contribution in [0.2, 0.25) is 0 Å². The fraction of sp³-hybridized carbons (Fsp3) is 0.589. The monoisotopic (exact) mass is 1870 g/mol. The summed E-state index contributed by atoms with van der Waals surface area (Å²) in [6.45, 7) is 29.9. The molecule has 0 aromatic heterocycles. The number of nitrogens with zero attached hydrogens (tertiary/aromatic N) is 4. The number of nitrogens with two attached hydrogens (primary N) is 1. The maximum Gasteiger partial charge on any atom is 0.326 e. The van der Waals surface area contributed by atoms with Gasteiger partial charge in [-0.05, 0) is 262 Å². The number of ether oxygens (including phenoxy) is 2. The van der Waals surface area contributed by atoms with Crippen LogP contribution in [0.15, 0.2) is 158 Å². The Morgan fingerprint density at radius 1 is 0.529 bits per heavy atom. The molecule has 2 unspecified atom stereocenters. The zero-order chi connectivity index (χ0) is 101. The number of benzene rings is 2. The number of halogens is 1. The number of hydrogen-bond acceptors (Lipinski definition) is 17. The lowest BCUT2D eigenvalue weighted by Gasteiger charge is -2.38. The number of carboxylic acids is 1. The van der Waals surface area contributed by atoms with Crippen LogP contribution in [-0.2, 0) is 48.0 Å². The molecule has 138 heavy (non-hydrogen) atoms. The molecule has 4 saturated carbocycles. The zero-order valence-electron chi connectivity index (χ0n) is 82.3. The van der Waals surface area contributed by atoms with Gasteiger partial charge >= 0.3 is 5.97 Å². The maximum atomic E-state index is 14.6. The van der Waals surface area contributed by atoms with E-state index >= 15 is 0 Å². The summed E-state index contributed by atoms with van der Waals surface area (Å²) in [6.07, 6.45) is 12.1. The number of oxime groups is 2. The van der Waals surface area contributed by atoms with E-state index in [9.17, 15) is 53.7 Å². The lowest BCUT2D eigenvalue weighted by atomic mass is 8.43. The van der Waals surface area contributed by atoms with Crippen LogP contribution in [0.4, 0.5) is 0 Å². The van der Waals surface area contributed by atoms with Gasteiger partial charge in [0.25, 0.3) is 11.8 Å². The number of hydrogen-bond donors (Lipinski definition) is 9. The van der Waals surface area contributed by atoms with Gasteiger partial charge in [-0.15, -0.1) is 12.4 Å². The van der Waals surface area contributed by atoms with Gasteiger partial charge in [-0.2, -0.15) is 0 Å². The molecule has 2 aromatic carbocycles. The van der Waals surface area contributed by atoms with Crippen molar-refractivity contribution in [2.24, 2.45) is 38.7 Å². The number of aliphatic hydroxyl groups is 2. The molecule has 8 aliphatic rings. The van der Waals surface area contributed by atoms with Crippen molar-refractivity contribution in [2.75, 3.05) is 13.1 Å². The molecule has 25 nitrogen and oxygen atoms in total. The highest BCUT2D eigenvalue weighted by atomic mass is 35.5. The van der Waals surface area contributed by atoms with E-state index in [1.807, 2.05) is 132 Å². The van der Waals surface area contributed by atoms with Crippen LogP contribution in [-0.4, -0.2) is 302 Å². The Bertz CT molecular complexity index is 5010. The summed E-state index contributed by atoms with van der Waals surface area (Å²) in [5.74, 6) is -1.34. The molecule has 10 N–H and O–H groups in total. The van der Waals surface area contributed by atoms with E-state index in [0.717, 1.165) is 106 Å². The van der Waals surface area contributed by atoms with Crippen LogP contribution >= 0.6 is 12.4 Å². The van der Waals surface area contributed by atoms with Crippen LogP contribution in [0.3, 0.4) is 0 Å². The third-order valence-corrected chi connectivity index (χ3v) is 24.5. The molecule has 703 valence electrons. The van der Waals surface area contributed by atoms with Crippen LogP contribution in [0.25, 0.3) is 0 Å². The van der Waals surface area contributed by atoms with Gasteiger partial charge in [-0.1, -0.05) is 129 Å². The molecule has 6 fully saturated rings. The highest BCUT2D eigenvalue weighted by Crippen LogP contribution is 2.43. The van der Waals surface area contributed by atoms with Crippen molar-refractivity contribution in [3.63, 3.8) is 0 Å². The number of aliphatic carboxylic acids is 1. The van der Waals surface area contributed by atoms with Crippen molar-refractivity contribution >= 4 is 193 Å². The minimum absolute atomic E-state index is 0. The lowest BCUT2D eigenvalue weighted by molar-refractivity contribution is -0.150. The second kappa shape index (κ2) is 58.6. The molecule has 43 heteroatoms. The first-order chi connectivity index (χ1) is 64.8. The van der Waals surface area contributed by atoms with Crippen LogP contribution in [0, 0.1) is 22.7 Å². The predicted octanol–water partition coefficient (Wildman–Crippen LogP) is 5.72. The molecule has 4 aliphatic heterocycles. The third-order valence-electron chi connectivity index (χ3n) is 24.5. The van der Waals surface area contributed by atoms with Crippen LogP contribution in [0.1, 0.15) is 248 Å². The van der Waals surface area contributed by atoms with E-state index < -0.39 is 139 Å². The Hall–Kier alpha value is -9.55. The predicted molar refractivity (Wildman–Crippen MR) is 560 cm³/mol. The van der Waals surface area contributed by atoms with Gasteiger partial charge in [0, 0.05) is 178 Å². The molecule has 2 aromatic rings. The second-order valence-corrected chi connectivity index (χ2v) is 39.2. The first-order valence-corrected chi connectivity index (χ1v) is 47.7. The Kier molecular flexibility index (Phi) is 50.5. The highest BCUT2D eigenvalue weighted by molar-refractivity contribution is 8.15. The number of amides is 7. The Labute approximate surface area is 839 Å². The van der Waals surface area contributed by atoms with E-state index in [1.54, 1.807) is 0 Å². The summed E-state index contributed by atoms with van der Waals surface area (Å²) in [5, 5.41) is 53.8. The van der Waals surface area contributed by atoms with Gasteiger partial charge in [0.05, 0.1) is 42.8 Å². The number of aliphatic hydroxyl groups excluding tert-OH is 2. The molecule has 7 amide bonds. The Morgan fingerprint density at radius 2 is 0.884 bits per heavy atom. The molecular weight excluding hydrogens is 1740 g/mol. The van der Waals surface area contributed by atoms with E-state index in [1.165, 1.54) is 29.7 Å². The lowest BCUT2D eigenvalue weighted by Crippen LogP contribution is -2.76. The third kappa shape index (κ3) is 39.5. The minimum Gasteiger partial charge on any atom is -0.491 e.